The molecule has 1 heterocycles. The molecule has 0 radical (unpaired) electrons. The fraction of sp³-hybridized carbons (Fsp3) is 0.154. The zero-order valence-corrected chi connectivity index (χ0v) is 10.8. The summed E-state index contributed by atoms with van der Waals surface area (Å²) in [5.74, 6) is 0.453. The van der Waals surface area contributed by atoms with Crippen molar-refractivity contribution in [2.75, 3.05) is 19.5 Å². The lowest BCUT2D eigenvalue weighted by Gasteiger charge is -2.11. The Labute approximate surface area is 114 Å². The Morgan fingerprint density at radius 2 is 2.15 bits per heavy atom. The van der Waals surface area contributed by atoms with Crippen LogP contribution in [0.5, 0.6) is 17.4 Å². The first-order chi connectivity index (χ1) is 9.69. The minimum atomic E-state index is -0.660. The molecule has 1 aromatic carbocycles. The molecule has 1 aromatic heterocycles. The van der Waals surface area contributed by atoms with Crippen LogP contribution in [0.2, 0.25) is 0 Å². The van der Waals surface area contributed by atoms with Crippen molar-refractivity contribution in [1.82, 2.24) is 9.97 Å². The predicted octanol–water partition coefficient (Wildman–Crippen LogP) is 2.33. The molecule has 0 amide bonds. The average Bonchev–Trinajstić information content (AvgIpc) is 2.47. The first-order valence-electron chi connectivity index (χ1n) is 5.63. The van der Waals surface area contributed by atoms with Gasteiger partial charge in [0.05, 0.1) is 12.7 Å². The summed E-state index contributed by atoms with van der Waals surface area (Å²) in [5.41, 5.74) is -0.0529. The standard InChI is InChI=1S/C13H11FN4O2/c1-16-12-11(19-2)13(18-7-17-12)20-9-4-3-8(6-15)10(14)5-9/h3-5,7H,1-2H3,(H,16,17,18). The number of hydrogen-bond donors (Lipinski definition) is 1. The fourth-order valence-corrected chi connectivity index (χ4v) is 1.55. The quantitative estimate of drug-likeness (QED) is 0.921. The molecule has 20 heavy (non-hydrogen) atoms. The molecule has 0 aliphatic carbocycles. The molecule has 102 valence electrons. The number of ether oxygens (including phenoxy) is 2. The summed E-state index contributed by atoms with van der Waals surface area (Å²) in [5, 5.41) is 11.5. The third kappa shape index (κ3) is 2.59. The van der Waals surface area contributed by atoms with Gasteiger partial charge in [0.25, 0.3) is 5.88 Å². The van der Waals surface area contributed by atoms with E-state index in [0.717, 1.165) is 6.07 Å². The number of nitriles is 1. The van der Waals surface area contributed by atoms with Gasteiger partial charge in [0.15, 0.2) is 5.82 Å². The third-order valence-corrected chi connectivity index (χ3v) is 2.49. The molecule has 0 aliphatic heterocycles. The van der Waals surface area contributed by atoms with Gasteiger partial charge in [-0.2, -0.15) is 10.2 Å². The Balaban J connectivity index is 2.35. The molecule has 2 rings (SSSR count). The normalized spacial score (nSPS) is 9.70. The van der Waals surface area contributed by atoms with Gasteiger partial charge < -0.3 is 14.8 Å². The van der Waals surface area contributed by atoms with Crippen LogP contribution in [-0.4, -0.2) is 24.1 Å². The maximum atomic E-state index is 13.5. The fourth-order valence-electron chi connectivity index (χ4n) is 1.55. The second-order valence-corrected chi connectivity index (χ2v) is 3.67. The van der Waals surface area contributed by atoms with Crippen LogP contribution < -0.4 is 14.8 Å². The van der Waals surface area contributed by atoms with Crippen molar-refractivity contribution >= 4 is 5.82 Å². The molecule has 2 aromatic rings. The molecule has 7 heteroatoms. The largest absolute Gasteiger partial charge is 0.489 e. The first-order valence-corrected chi connectivity index (χ1v) is 5.63. The molecule has 0 bridgehead atoms. The van der Waals surface area contributed by atoms with E-state index in [4.69, 9.17) is 14.7 Å². The van der Waals surface area contributed by atoms with E-state index in [2.05, 4.69) is 15.3 Å². The number of rotatable bonds is 4. The summed E-state index contributed by atoms with van der Waals surface area (Å²) in [6.45, 7) is 0. The summed E-state index contributed by atoms with van der Waals surface area (Å²) in [4.78, 5) is 7.91. The number of nitrogens with zero attached hydrogens (tertiary/aromatic N) is 3. The Morgan fingerprint density at radius 3 is 2.75 bits per heavy atom. The van der Waals surface area contributed by atoms with Crippen molar-refractivity contribution in [3.63, 3.8) is 0 Å². The SMILES string of the molecule is CNc1ncnc(Oc2ccc(C#N)c(F)c2)c1OC. The van der Waals surface area contributed by atoms with Crippen LogP contribution in [0, 0.1) is 17.1 Å². The first kappa shape index (κ1) is 13.5. The van der Waals surface area contributed by atoms with Crippen molar-refractivity contribution in [3.05, 3.63) is 35.9 Å². The van der Waals surface area contributed by atoms with Gasteiger partial charge in [-0.25, -0.2) is 9.37 Å². The van der Waals surface area contributed by atoms with Crippen LogP contribution in [0.1, 0.15) is 5.56 Å². The van der Waals surface area contributed by atoms with Crippen molar-refractivity contribution in [2.24, 2.45) is 0 Å². The maximum Gasteiger partial charge on any atom is 0.268 e. The van der Waals surface area contributed by atoms with Crippen LogP contribution in [0.15, 0.2) is 24.5 Å². The third-order valence-electron chi connectivity index (χ3n) is 2.49. The lowest BCUT2D eigenvalue weighted by Crippen LogP contribution is -2.01. The molecule has 0 saturated heterocycles. The van der Waals surface area contributed by atoms with E-state index >= 15 is 0 Å². The molecule has 0 unspecified atom stereocenters. The van der Waals surface area contributed by atoms with Crippen LogP contribution >= 0.6 is 0 Å². The van der Waals surface area contributed by atoms with Gasteiger partial charge in [-0.1, -0.05) is 0 Å². The zero-order valence-electron chi connectivity index (χ0n) is 10.8. The van der Waals surface area contributed by atoms with Gasteiger partial charge in [-0.05, 0) is 12.1 Å². The lowest BCUT2D eigenvalue weighted by molar-refractivity contribution is 0.368. The molecule has 0 atom stereocenters. The number of benzene rings is 1. The highest BCUT2D eigenvalue weighted by atomic mass is 19.1. The summed E-state index contributed by atoms with van der Waals surface area (Å²) >= 11 is 0. The zero-order chi connectivity index (χ0) is 14.5. The highest BCUT2D eigenvalue weighted by molar-refractivity contribution is 5.55. The summed E-state index contributed by atoms with van der Waals surface area (Å²) in [6, 6.07) is 5.65. The van der Waals surface area contributed by atoms with Crippen molar-refractivity contribution in [1.29, 1.82) is 5.26 Å². The molecule has 6 nitrogen and oxygen atoms in total. The lowest BCUT2D eigenvalue weighted by atomic mass is 10.2. The topological polar surface area (TPSA) is 80.1 Å². The van der Waals surface area contributed by atoms with E-state index < -0.39 is 5.82 Å². The minimum absolute atomic E-state index is 0.0529. The van der Waals surface area contributed by atoms with Crippen LogP contribution in [-0.2, 0) is 0 Å². The molecule has 1 N–H and O–H groups in total. The summed E-state index contributed by atoms with van der Waals surface area (Å²) < 4.78 is 24.1. The van der Waals surface area contributed by atoms with Gasteiger partial charge in [0.2, 0.25) is 5.75 Å². The molecule has 0 spiro atoms. The monoisotopic (exact) mass is 274 g/mol. The average molecular weight is 274 g/mol. The minimum Gasteiger partial charge on any atom is -0.489 e. The molecular formula is C13H11FN4O2. The van der Waals surface area contributed by atoms with E-state index in [1.54, 1.807) is 13.1 Å². The van der Waals surface area contributed by atoms with E-state index in [-0.39, 0.29) is 17.2 Å². The van der Waals surface area contributed by atoms with Gasteiger partial charge >= 0.3 is 0 Å². The van der Waals surface area contributed by atoms with E-state index in [1.807, 2.05) is 0 Å². The number of methoxy groups -OCH3 is 1. The molecule has 0 fully saturated rings. The molecule has 0 aliphatic rings. The van der Waals surface area contributed by atoms with Crippen molar-refractivity contribution in [3.8, 4) is 23.4 Å². The number of halogens is 1. The van der Waals surface area contributed by atoms with Crippen LogP contribution in [0.25, 0.3) is 0 Å². The number of aromatic nitrogens is 2. The van der Waals surface area contributed by atoms with Gasteiger partial charge in [0, 0.05) is 13.1 Å². The second kappa shape index (κ2) is 5.84. The summed E-state index contributed by atoms with van der Waals surface area (Å²) in [7, 11) is 3.13. The Kier molecular flexibility index (Phi) is 3.96. The van der Waals surface area contributed by atoms with Crippen LogP contribution in [0.3, 0.4) is 0 Å². The van der Waals surface area contributed by atoms with E-state index in [1.165, 1.54) is 25.6 Å². The Bertz CT molecular complexity index is 670. The maximum absolute atomic E-state index is 13.5. The van der Waals surface area contributed by atoms with Crippen LogP contribution in [0.4, 0.5) is 10.2 Å². The number of hydrogen-bond acceptors (Lipinski definition) is 6. The highest BCUT2D eigenvalue weighted by Crippen LogP contribution is 2.34. The Morgan fingerprint density at radius 1 is 1.35 bits per heavy atom. The number of nitrogens with one attached hydrogen (secondary N) is 1. The smallest absolute Gasteiger partial charge is 0.268 e. The second-order valence-electron chi connectivity index (χ2n) is 3.67. The molecular weight excluding hydrogens is 263 g/mol. The molecule has 0 saturated carbocycles. The number of anilines is 1. The van der Waals surface area contributed by atoms with Crippen molar-refractivity contribution in [2.45, 2.75) is 0 Å². The Hall–Kier alpha value is -2.88. The van der Waals surface area contributed by atoms with Crippen molar-refractivity contribution < 1.29 is 13.9 Å². The summed E-state index contributed by atoms with van der Waals surface area (Å²) in [6.07, 6.45) is 1.30. The van der Waals surface area contributed by atoms with Gasteiger partial charge in [0.1, 0.15) is 24.0 Å². The van der Waals surface area contributed by atoms with Gasteiger partial charge in [-0.15, -0.1) is 0 Å². The van der Waals surface area contributed by atoms with E-state index in [0.29, 0.717) is 11.6 Å². The van der Waals surface area contributed by atoms with Gasteiger partial charge in [-0.3, -0.25) is 0 Å². The van der Waals surface area contributed by atoms with E-state index in [9.17, 15) is 4.39 Å². The highest BCUT2D eigenvalue weighted by Gasteiger charge is 2.14. The predicted molar refractivity (Wildman–Crippen MR) is 69.3 cm³/mol.